The van der Waals surface area contributed by atoms with Crippen molar-refractivity contribution in [2.45, 2.75) is 44.2 Å². The van der Waals surface area contributed by atoms with Gasteiger partial charge >= 0.3 is 0 Å². The van der Waals surface area contributed by atoms with Crippen LogP contribution >= 0.6 is 11.6 Å². The number of hydrogen-bond acceptors (Lipinski definition) is 3. The van der Waals surface area contributed by atoms with Gasteiger partial charge in [-0.2, -0.15) is 5.26 Å². The molecule has 1 fully saturated rings. The molecule has 2 aromatic rings. The molecule has 1 unspecified atom stereocenters. The topological polar surface area (TPSA) is 73.2 Å². The average molecular weight is 420 g/mol. The summed E-state index contributed by atoms with van der Waals surface area (Å²) in [5, 5.41) is 13.5. The largest absolute Gasteiger partial charge is 0.351 e. The molecule has 0 bridgehead atoms. The van der Waals surface area contributed by atoms with Crippen LogP contribution in [0.1, 0.15) is 37.7 Å². The minimum absolute atomic E-state index is 0.0000517. The van der Waals surface area contributed by atoms with Gasteiger partial charge in [-0.1, -0.05) is 61.2 Å². The second-order valence-electron chi connectivity index (χ2n) is 7.66. The highest BCUT2D eigenvalue weighted by Gasteiger charge is 2.45. The van der Waals surface area contributed by atoms with Crippen molar-refractivity contribution in [3.8, 4) is 6.07 Å². The van der Waals surface area contributed by atoms with Gasteiger partial charge in [0, 0.05) is 22.3 Å². The third-order valence-corrected chi connectivity index (χ3v) is 5.99. The monoisotopic (exact) mass is 419 g/mol. The van der Waals surface area contributed by atoms with Crippen LogP contribution in [0.4, 0.5) is 5.69 Å². The molecule has 1 saturated carbocycles. The van der Waals surface area contributed by atoms with E-state index in [9.17, 15) is 14.9 Å². The van der Waals surface area contributed by atoms with Crippen molar-refractivity contribution in [1.82, 2.24) is 5.32 Å². The molecule has 0 spiro atoms. The van der Waals surface area contributed by atoms with Crippen LogP contribution in [0.5, 0.6) is 0 Å². The smallest absolute Gasteiger partial charge is 0.270 e. The molecule has 1 heterocycles. The lowest BCUT2D eigenvalue weighted by molar-refractivity contribution is -0.124. The summed E-state index contributed by atoms with van der Waals surface area (Å²) in [6.45, 7) is 0. The van der Waals surface area contributed by atoms with Gasteiger partial charge in [0.2, 0.25) is 5.91 Å². The predicted octanol–water partition coefficient (Wildman–Crippen LogP) is 4.48. The van der Waals surface area contributed by atoms with Crippen LogP contribution in [0, 0.1) is 11.3 Å². The normalized spacial score (nSPS) is 19.7. The highest BCUT2D eigenvalue weighted by Crippen LogP contribution is 2.37. The second-order valence-corrected chi connectivity index (χ2v) is 8.10. The van der Waals surface area contributed by atoms with E-state index in [2.05, 4.69) is 5.32 Å². The van der Waals surface area contributed by atoms with E-state index in [1.807, 2.05) is 36.4 Å². The van der Waals surface area contributed by atoms with Gasteiger partial charge in [0.15, 0.2) is 0 Å². The Morgan fingerprint density at radius 3 is 2.33 bits per heavy atom. The molecule has 1 aliphatic carbocycles. The molecule has 0 saturated heterocycles. The van der Waals surface area contributed by atoms with E-state index in [4.69, 9.17) is 11.6 Å². The van der Waals surface area contributed by atoms with Crippen LogP contribution in [0.15, 0.2) is 60.2 Å². The van der Waals surface area contributed by atoms with E-state index in [0.29, 0.717) is 21.8 Å². The lowest BCUT2D eigenvalue weighted by atomic mass is 9.93. The Balaban J connectivity index is 1.78. The summed E-state index contributed by atoms with van der Waals surface area (Å²) in [4.78, 5) is 28.1. The zero-order valence-corrected chi connectivity index (χ0v) is 17.2. The van der Waals surface area contributed by atoms with Crippen LogP contribution in [-0.2, 0) is 9.59 Å². The standard InChI is InChI=1S/C24H22ClN3O2/c25-17-11-13-19(14-12-17)28-22(23(29)27-18-9-5-2-6-10-18)21(20(15-26)24(28)30)16-7-3-1-4-8-16/h1,3-4,7-8,11-14,18,22H,2,5-6,9-10H2,(H,27,29). The minimum atomic E-state index is -0.905. The first-order valence-corrected chi connectivity index (χ1v) is 10.6. The fourth-order valence-corrected chi connectivity index (χ4v) is 4.42. The maximum Gasteiger partial charge on any atom is 0.270 e. The number of nitrogens with one attached hydrogen (secondary N) is 1. The van der Waals surface area contributed by atoms with E-state index in [0.717, 1.165) is 25.7 Å². The molecule has 30 heavy (non-hydrogen) atoms. The number of nitrogens with zero attached hydrogens (tertiary/aromatic N) is 2. The van der Waals surface area contributed by atoms with Gasteiger partial charge in [-0.25, -0.2) is 0 Å². The van der Waals surface area contributed by atoms with Crippen molar-refractivity contribution in [1.29, 1.82) is 5.26 Å². The summed E-state index contributed by atoms with van der Waals surface area (Å²) in [6, 6.07) is 17.2. The van der Waals surface area contributed by atoms with Crippen molar-refractivity contribution in [3.63, 3.8) is 0 Å². The van der Waals surface area contributed by atoms with Gasteiger partial charge in [-0.15, -0.1) is 0 Å². The van der Waals surface area contributed by atoms with Gasteiger partial charge in [0.25, 0.3) is 5.91 Å². The molecule has 0 radical (unpaired) electrons. The van der Waals surface area contributed by atoms with E-state index >= 15 is 0 Å². The maximum absolute atomic E-state index is 13.5. The molecule has 1 aliphatic heterocycles. The van der Waals surface area contributed by atoms with Crippen molar-refractivity contribution in [2.75, 3.05) is 4.90 Å². The van der Waals surface area contributed by atoms with Gasteiger partial charge in [0.05, 0.1) is 0 Å². The highest BCUT2D eigenvalue weighted by molar-refractivity contribution is 6.31. The van der Waals surface area contributed by atoms with Crippen molar-refractivity contribution in [2.24, 2.45) is 0 Å². The molecule has 2 aliphatic rings. The molecule has 1 N–H and O–H groups in total. The fraction of sp³-hybridized carbons (Fsp3) is 0.292. The number of anilines is 1. The third kappa shape index (κ3) is 3.83. The average Bonchev–Trinajstić information content (AvgIpc) is 3.08. The quantitative estimate of drug-likeness (QED) is 0.793. The molecule has 0 aromatic heterocycles. The summed E-state index contributed by atoms with van der Waals surface area (Å²) < 4.78 is 0. The Hall–Kier alpha value is -3.10. The Morgan fingerprint density at radius 1 is 1.03 bits per heavy atom. The first-order valence-electron chi connectivity index (χ1n) is 10.2. The lowest BCUT2D eigenvalue weighted by Gasteiger charge is -2.30. The van der Waals surface area contributed by atoms with E-state index in [1.54, 1.807) is 24.3 Å². The molecule has 6 heteroatoms. The summed E-state index contributed by atoms with van der Waals surface area (Å²) in [6.07, 6.45) is 5.21. The van der Waals surface area contributed by atoms with Gasteiger partial charge in [0.1, 0.15) is 17.7 Å². The summed E-state index contributed by atoms with van der Waals surface area (Å²) in [7, 11) is 0. The molecule has 152 valence electrons. The minimum Gasteiger partial charge on any atom is -0.351 e. The highest BCUT2D eigenvalue weighted by atomic mass is 35.5. The van der Waals surface area contributed by atoms with Gasteiger partial charge in [-0.05, 0) is 42.7 Å². The van der Waals surface area contributed by atoms with Crippen molar-refractivity contribution in [3.05, 3.63) is 70.8 Å². The van der Waals surface area contributed by atoms with Crippen LogP contribution in [0.2, 0.25) is 5.02 Å². The van der Waals surface area contributed by atoms with Crippen LogP contribution in [0.3, 0.4) is 0 Å². The number of hydrogen-bond donors (Lipinski definition) is 1. The molecule has 4 rings (SSSR count). The number of carbonyl (C=O) groups is 2. The van der Waals surface area contributed by atoms with Crippen LogP contribution in [0.25, 0.3) is 5.57 Å². The number of rotatable bonds is 4. The number of carbonyl (C=O) groups excluding carboxylic acids is 2. The first-order chi connectivity index (χ1) is 14.6. The van der Waals surface area contributed by atoms with E-state index in [1.165, 1.54) is 11.3 Å². The first kappa shape index (κ1) is 20.2. The molecule has 1 atom stereocenters. The van der Waals surface area contributed by atoms with Crippen LogP contribution < -0.4 is 10.2 Å². The number of halogens is 1. The zero-order chi connectivity index (χ0) is 21.1. The van der Waals surface area contributed by atoms with Gasteiger partial charge < -0.3 is 5.32 Å². The molecule has 2 amide bonds. The molecule has 5 nitrogen and oxygen atoms in total. The second kappa shape index (κ2) is 8.73. The lowest BCUT2D eigenvalue weighted by Crippen LogP contribution is -2.50. The number of amides is 2. The van der Waals surface area contributed by atoms with Crippen LogP contribution in [-0.4, -0.2) is 23.9 Å². The number of nitriles is 1. The van der Waals surface area contributed by atoms with E-state index in [-0.39, 0.29) is 17.5 Å². The fourth-order valence-electron chi connectivity index (χ4n) is 4.29. The predicted molar refractivity (Wildman–Crippen MR) is 117 cm³/mol. The summed E-state index contributed by atoms with van der Waals surface area (Å²) in [5.74, 6) is -0.725. The van der Waals surface area contributed by atoms with Crippen molar-refractivity contribution < 1.29 is 9.59 Å². The zero-order valence-electron chi connectivity index (χ0n) is 16.5. The third-order valence-electron chi connectivity index (χ3n) is 5.73. The molecule has 2 aromatic carbocycles. The Labute approximate surface area is 180 Å². The summed E-state index contributed by atoms with van der Waals surface area (Å²) in [5.41, 5.74) is 1.68. The molecular weight excluding hydrogens is 398 g/mol. The SMILES string of the molecule is N#CC1=C(c2ccccc2)C(C(=O)NC2CCCCC2)N(c2ccc(Cl)cc2)C1=O. The number of benzene rings is 2. The molecular formula is C24H22ClN3O2. The Bertz CT molecular complexity index is 1020. The maximum atomic E-state index is 13.5. The summed E-state index contributed by atoms with van der Waals surface area (Å²) >= 11 is 6.02. The van der Waals surface area contributed by atoms with Crippen molar-refractivity contribution >= 4 is 34.7 Å². The van der Waals surface area contributed by atoms with E-state index < -0.39 is 11.9 Å². The Morgan fingerprint density at radius 2 is 1.70 bits per heavy atom. The Kier molecular flexibility index (Phi) is 5.87. The van der Waals surface area contributed by atoms with Gasteiger partial charge in [-0.3, -0.25) is 14.5 Å².